The van der Waals surface area contributed by atoms with Crippen molar-refractivity contribution in [2.24, 2.45) is 0 Å². The highest BCUT2D eigenvalue weighted by molar-refractivity contribution is 9.10. The number of rotatable bonds is 8. The molecule has 0 fully saturated rings. The average molecular weight is 481 g/mol. The number of benzene rings is 2. The largest absolute Gasteiger partial charge is 0.340 e. The summed E-state index contributed by atoms with van der Waals surface area (Å²) >= 11 is 3.46. The second-order valence-electron chi connectivity index (χ2n) is 7.10. The number of carbonyl (C=O) groups excluding carboxylic acids is 2. The van der Waals surface area contributed by atoms with E-state index in [4.69, 9.17) is 0 Å². The summed E-state index contributed by atoms with van der Waals surface area (Å²) in [6, 6.07) is 13.6. The van der Waals surface area contributed by atoms with Crippen LogP contribution in [0.5, 0.6) is 0 Å². The van der Waals surface area contributed by atoms with E-state index in [1.807, 2.05) is 37.3 Å². The standard InChI is InChI=1S/C21H25BrN2O4S/c1-15-7-6-9-16(13-15)20(25)23-19(11-12-29(3,27)28)21(26)24(2)14-17-8-4-5-10-18(17)22/h4-10,13,19H,11-12,14H2,1-3H3,(H,23,25). The van der Waals surface area contributed by atoms with Gasteiger partial charge in [-0.15, -0.1) is 0 Å². The number of hydrogen-bond acceptors (Lipinski definition) is 4. The summed E-state index contributed by atoms with van der Waals surface area (Å²) in [6.45, 7) is 2.20. The minimum atomic E-state index is -3.28. The number of nitrogens with one attached hydrogen (secondary N) is 1. The van der Waals surface area contributed by atoms with Crippen molar-refractivity contribution >= 4 is 37.6 Å². The van der Waals surface area contributed by atoms with Gasteiger partial charge in [-0.2, -0.15) is 0 Å². The molecule has 156 valence electrons. The van der Waals surface area contributed by atoms with Gasteiger partial charge < -0.3 is 10.2 Å². The molecule has 1 unspecified atom stereocenters. The van der Waals surface area contributed by atoms with Crippen LogP contribution in [0.2, 0.25) is 0 Å². The maximum atomic E-state index is 13.0. The highest BCUT2D eigenvalue weighted by Gasteiger charge is 2.26. The average Bonchev–Trinajstić information content (AvgIpc) is 2.65. The smallest absolute Gasteiger partial charge is 0.251 e. The Bertz CT molecular complexity index is 992. The normalized spacial score (nSPS) is 12.3. The summed E-state index contributed by atoms with van der Waals surface area (Å²) in [6.07, 6.45) is 1.12. The highest BCUT2D eigenvalue weighted by atomic mass is 79.9. The molecule has 6 nitrogen and oxygen atoms in total. The summed E-state index contributed by atoms with van der Waals surface area (Å²) in [7, 11) is -1.65. The number of amides is 2. The van der Waals surface area contributed by atoms with Gasteiger partial charge in [-0.25, -0.2) is 8.42 Å². The van der Waals surface area contributed by atoms with Crippen molar-refractivity contribution in [1.29, 1.82) is 0 Å². The molecule has 0 aliphatic heterocycles. The Morgan fingerprint density at radius 2 is 1.83 bits per heavy atom. The molecule has 0 aliphatic carbocycles. The monoisotopic (exact) mass is 480 g/mol. The molecule has 0 aliphatic rings. The van der Waals surface area contributed by atoms with Crippen molar-refractivity contribution < 1.29 is 18.0 Å². The number of halogens is 1. The predicted octanol–water partition coefficient (Wildman–Crippen LogP) is 2.95. The quantitative estimate of drug-likeness (QED) is 0.629. The Hall–Kier alpha value is -2.19. The molecule has 0 spiro atoms. The van der Waals surface area contributed by atoms with Gasteiger partial charge in [0.05, 0.1) is 5.75 Å². The van der Waals surface area contributed by atoms with Crippen LogP contribution in [0.4, 0.5) is 0 Å². The number of nitrogens with zero attached hydrogens (tertiary/aromatic N) is 1. The number of hydrogen-bond donors (Lipinski definition) is 1. The van der Waals surface area contributed by atoms with E-state index in [1.54, 1.807) is 25.2 Å². The van der Waals surface area contributed by atoms with E-state index >= 15 is 0 Å². The van der Waals surface area contributed by atoms with E-state index in [1.165, 1.54) is 4.90 Å². The fourth-order valence-corrected chi connectivity index (χ4v) is 3.92. The maximum Gasteiger partial charge on any atom is 0.251 e. The van der Waals surface area contributed by atoms with E-state index in [9.17, 15) is 18.0 Å². The van der Waals surface area contributed by atoms with Gasteiger partial charge in [-0.1, -0.05) is 51.8 Å². The molecule has 1 N–H and O–H groups in total. The molecule has 1 atom stereocenters. The van der Waals surface area contributed by atoms with Crippen LogP contribution >= 0.6 is 15.9 Å². The molecular formula is C21H25BrN2O4S. The van der Waals surface area contributed by atoms with Gasteiger partial charge in [0.15, 0.2) is 0 Å². The molecule has 0 saturated heterocycles. The van der Waals surface area contributed by atoms with Gasteiger partial charge in [-0.05, 0) is 37.1 Å². The molecule has 8 heteroatoms. The molecule has 0 bridgehead atoms. The van der Waals surface area contributed by atoms with Crippen LogP contribution in [0.25, 0.3) is 0 Å². The van der Waals surface area contributed by atoms with E-state index in [2.05, 4.69) is 21.2 Å². The second kappa shape index (κ2) is 10.0. The van der Waals surface area contributed by atoms with Crippen LogP contribution < -0.4 is 5.32 Å². The first-order valence-electron chi connectivity index (χ1n) is 9.10. The summed E-state index contributed by atoms with van der Waals surface area (Å²) in [5, 5.41) is 2.71. The van der Waals surface area contributed by atoms with E-state index in [0.29, 0.717) is 12.1 Å². The Morgan fingerprint density at radius 3 is 2.45 bits per heavy atom. The zero-order valence-electron chi connectivity index (χ0n) is 16.7. The van der Waals surface area contributed by atoms with Gasteiger partial charge in [0.25, 0.3) is 5.91 Å². The van der Waals surface area contributed by atoms with Crippen molar-refractivity contribution in [2.45, 2.75) is 25.9 Å². The third-order valence-electron chi connectivity index (χ3n) is 4.40. The lowest BCUT2D eigenvalue weighted by molar-refractivity contribution is -0.132. The summed E-state index contributed by atoms with van der Waals surface area (Å²) in [5.74, 6) is -0.944. The van der Waals surface area contributed by atoms with Crippen LogP contribution in [0, 0.1) is 6.92 Å². The maximum absolute atomic E-state index is 13.0. The van der Waals surface area contributed by atoms with Gasteiger partial charge in [0.2, 0.25) is 5.91 Å². The van der Waals surface area contributed by atoms with Crippen molar-refractivity contribution in [1.82, 2.24) is 10.2 Å². The first-order chi connectivity index (χ1) is 13.6. The fourth-order valence-electron chi connectivity index (χ4n) is 2.84. The van der Waals surface area contributed by atoms with Gasteiger partial charge >= 0.3 is 0 Å². The Morgan fingerprint density at radius 1 is 1.14 bits per heavy atom. The van der Waals surface area contributed by atoms with Gasteiger partial charge in [-0.3, -0.25) is 9.59 Å². The van der Waals surface area contributed by atoms with Gasteiger partial charge in [0.1, 0.15) is 15.9 Å². The first kappa shape index (κ1) is 23.1. The minimum absolute atomic E-state index is 0.00945. The molecular weight excluding hydrogens is 456 g/mol. The predicted molar refractivity (Wildman–Crippen MR) is 117 cm³/mol. The lowest BCUT2D eigenvalue weighted by Gasteiger charge is -2.25. The van der Waals surface area contributed by atoms with Crippen LogP contribution in [-0.2, 0) is 21.2 Å². The summed E-state index contributed by atoms with van der Waals surface area (Å²) in [5.41, 5.74) is 2.26. The molecule has 2 aromatic carbocycles. The van der Waals surface area contributed by atoms with Crippen LogP contribution in [0.3, 0.4) is 0 Å². The summed E-state index contributed by atoms with van der Waals surface area (Å²) in [4.78, 5) is 27.1. The lowest BCUT2D eigenvalue weighted by atomic mass is 10.1. The Balaban J connectivity index is 2.18. The Kier molecular flexibility index (Phi) is 7.98. The van der Waals surface area contributed by atoms with Crippen molar-refractivity contribution in [2.75, 3.05) is 19.1 Å². The topological polar surface area (TPSA) is 83.5 Å². The molecule has 2 aromatic rings. The summed E-state index contributed by atoms with van der Waals surface area (Å²) < 4.78 is 24.1. The van der Waals surface area contributed by atoms with Crippen molar-refractivity contribution in [3.8, 4) is 0 Å². The molecule has 0 heterocycles. The zero-order valence-corrected chi connectivity index (χ0v) is 19.1. The number of sulfone groups is 1. The first-order valence-corrected chi connectivity index (χ1v) is 12.0. The fraction of sp³-hybridized carbons (Fsp3) is 0.333. The number of aryl methyl sites for hydroxylation is 1. The zero-order chi connectivity index (χ0) is 21.6. The molecule has 2 rings (SSSR count). The number of carbonyl (C=O) groups is 2. The van der Waals surface area contributed by atoms with Crippen LogP contribution in [0.1, 0.15) is 27.9 Å². The molecule has 0 radical (unpaired) electrons. The number of likely N-dealkylation sites (N-methyl/N-ethyl adjacent to an activating group) is 1. The third-order valence-corrected chi connectivity index (χ3v) is 6.15. The van der Waals surface area contributed by atoms with Crippen molar-refractivity contribution in [3.05, 3.63) is 69.7 Å². The van der Waals surface area contributed by atoms with Crippen LogP contribution in [0.15, 0.2) is 53.0 Å². The van der Waals surface area contributed by atoms with E-state index in [-0.39, 0.29) is 18.1 Å². The Labute approximate surface area is 180 Å². The second-order valence-corrected chi connectivity index (χ2v) is 10.2. The minimum Gasteiger partial charge on any atom is -0.340 e. The molecule has 0 saturated carbocycles. The molecule has 0 aromatic heterocycles. The lowest BCUT2D eigenvalue weighted by Crippen LogP contribution is -2.48. The third kappa shape index (κ3) is 7.29. The molecule has 2 amide bonds. The van der Waals surface area contributed by atoms with Crippen LogP contribution in [-0.4, -0.2) is 50.2 Å². The SMILES string of the molecule is Cc1cccc(C(=O)NC(CCS(C)(=O)=O)C(=O)N(C)Cc2ccccc2Br)c1. The van der Waals surface area contributed by atoms with E-state index in [0.717, 1.165) is 21.9 Å². The van der Waals surface area contributed by atoms with E-state index < -0.39 is 21.8 Å². The highest BCUT2D eigenvalue weighted by Crippen LogP contribution is 2.18. The molecule has 29 heavy (non-hydrogen) atoms. The van der Waals surface area contributed by atoms with Crippen molar-refractivity contribution in [3.63, 3.8) is 0 Å². The van der Waals surface area contributed by atoms with Gasteiger partial charge in [0, 0.05) is 29.9 Å².